The average molecular weight is 553 g/mol. The summed E-state index contributed by atoms with van der Waals surface area (Å²) in [4.78, 5) is 30.6. The van der Waals surface area contributed by atoms with Gasteiger partial charge in [0.05, 0.1) is 16.8 Å². The highest BCUT2D eigenvalue weighted by Crippen LogP contribution is 2.29. The van der Waals surface area contributed by atoms with Gasteiger partial charge in [0.15, 0.2) is 0 Å². The lowest BCUT2D eigenvalue weighted by Gasteiger charge is -2.19. The third-order valence-electron chi connectivity index (χ3n) is 6.68. The molecule has 0 fully saturated rings. The lowest BCUT2D eigenvalue weighted by molar-refractivity contribution is 0.0964. The maximum absolute atomic E-state index is 12.4. The van der Waals surface area contributed by atoms with Crippen molar-refractivity contribution >= 4 is 40.2 Å². The molecule has 40 heavy (non-hydrogen) atoms. The minimum atomic E-state index is -0.118. The summed E-state index contributed by atoms with van der Waals surface area (Å²) in [5.41, 5.74) is 4.29. The Labute approximate surface area is 237 Å². The third kappa shape index (κ3) is 6.40. The topological polar surface area (TPSA) is 110 Å². The first kappa shape index (κ1) is 27.1. The van der Waals surface area contributed by atoms with E-state index in [-0.39, 0.29) is 11.8 Å². The molecule has 3 N–H and O–H groups in total. The third-order valence-corrected chi connectivity index (χ3v) is 7.42. The van der Waals surface area contributed by atoms with E-state index >= 15 is 0 Å². The van der Waals surface area contributed by atoms with Crippen molar-refractivity contribution in [2.75, 3.05) is 42.8 Å². The number of hydrogen-bond donors (Lipinski definition) is 3. The normalized spacial score (nSPS) is 11.8. The summed E-state index contributed by atoms with van der Waals surface area (Å²) in [7, 11) is 1.64. The van der Waals surface area contributed by atoms with Crippen molar-refractivity contribution in [3.05, 3.63) is 96.8 Å². The predicted molar refractivity (Wildman–Crippen MR) is 163 cm³/mol. The molecule has 0 radical (unpaired) electrons. The number of carbonyl (C=O) groups is 1. The van der Waals surface area contributed by atoms with E-state index in [0.29, 0.717) is 12.1 Å². The Bertz CT molecular complexity index is 1560. The summed E-state index contributed by atoms with van der Waals surface area (Å²) in [5, 5.41) is 10.4. The van der Waals surface area contributed by atoms with Crippen LogP contribution in [0.25, 0.3) is 22.2 Å². The van der Waals surface area contributed by atoms with Gasteiger partial charge in [0.1, 0.15) is 18.0 Å². The highest BCUT2D eigenvalue weighted by Gasteiger charge is 2.18. The number of pyridine rings is 2. The highest BCUT2D eigenvalue weighted by atomic mass is 32.2. The smallest absolute Gasteiger partial charge is 0.251 e. The fraction of sp³-hybridized carbons (Fsp3) is 0.233. The monoisotopic (exact) mass is 552 g/mol. The van der Waals surface area contributed by atoms with E-state index in [1.807, 2.05) is 61.1 Å². The Morgan fingerprint density at radius 2 is 1.85 bits per heavy atom. The first-order valence-electron chi connectivity index (χ1n) is 13.1. The molecular weight excluding hydrogens is 520 g/mol. The minimum absolute atomic E-state index is 0.118. The number of amides is 1. The van der Waals surface area contributed by atoms with Crippen LogP contribution in [0.1, 0.15) is 21.8 Å². The van der Waals surface area contributed by atoms with Gasteiger partial charge < -0.3 is 20.5 Å². The Morgan fingerprint density at radius 3 is 2.62 bits per heavy atom. The molecule has 5 aromatic rings. The van der Waals surface area contributed by atoms with E-state index in [9.17, 15) is 4.79 Å². The maximum atomic E-state index is 12.4. The van der Waals surface area contributed by atoms with Crippen LogP contribution in [0, 0.1) is 0 Å². The number of para-hydroxylation sites is 1. The number of rotatable bonds is 12. The fourth-order valence-corrected chi connectivity index (χ4v) is 5.34. The van der Waals surface area contributed by atoms with Crippen molar-refractivity contribution in [3.63, 3.8) is 0 Å². The van der Waals surface area contributed by atoms with Gasteiger partial charge in [-0.25, -0.2) is 15.0 Å². The molecular formula is C30H32N8OS. The summed E-state index contributed by atoms with van der Waals surface area (Å²) >= 11 is 1.77. The van der Waals surface area contributed by atoms with E-state index < -0.39 is 0 Å². The standard InChI is InChI=1S/C30H32N8OS/c1-31-30(39)25-10-11-33-29-23(6-5-7-24(25)29)22(19-40-2)18-35-28-16-26(36-20-37-28)21-8-9-27(34-17-21)32-12-15-38-13-3-4-14-38/h3-11,13-14,16-17,20,22H,12,15,18-19H2,1-2H3,(H,31,39)(H,32,34)(H,35,36,37). The largest absolute Gasteiger partial charge is 0.369 e. The zero-order chi connectivity index (χ0) is 27.7. The van der Waals surface area contributed by atoms with Gasteiger partial charge in [-0.3, -0.25) is 9.78 Å². The molecule has 1 unspecified atom stereocenters. The zero-order valence-electron chi connectivity index (χ0n) is 22.5. The number of nitrogens with zero attached hydrogens (tertiary/aromatic N) is 5. The maximum Gasteiger partial charge on any atom is 0.251 e. The molecule has 9 nitrogen and oxygen atoms in total. The van der Waals surface area contributed by atoms with Crippen LogP contribution in [0.3, 0.4) is 0 Å². The molecule has 1 atom stereocenters. The number of benzene rings is 1. The predicted octanol–water partition coefficient (Wildman–Crippen LogP) is 4.92. The van der Waals surface area contributed by atoms with Crippen LogP contribution in [0.5, 0.6) is 0 Å². The average Bonchev–Trinajstić information content (AvgIpc) is 3.52. The van der Waals surface area contributed by atoms with Gasteiger partial charge in [0.2, 0.25) is 0 Å². The van der Waals surface area contributed by atoms with E-state index in [1.54, 1.807) is 37.4 Å². The molecule has 0 aliphatic rings. The highest BCUT2D eigenvalue weighted by molar-refractivity contribution is 7.98. The summed E-state index contributed by atoms with van der Waals surface area (Å²) < 4.78 is 2.12. The molecule has 0 bridgehead atoms. The molecule has 204 valence electrons. The summed E-state index contributed by atoms with van der Waals surface area (Å²) in [6, 6.07) is 17.8. The lowest BCUT2D eigenvalue weighted by atomic mass is 9.95. The second kappa shape index (κ2) is 13.1. The number of carbonyl (C=O) groups excluding carboxylic acids is 1. The molecule has 1 amide bonds. The first-order chi connectivity index (χ1) is 19.7. The number of hydrogen-bond acceptors (Lipinski definition) is 8. The minimum Gasteiger partial charge on any atom is -0.369 e. The number of nitrogens with one attached hydrogen (secondary N) is 3. The molecule has 4 heterocycles. The van der Waals surface area contributed by atoms with E-state index in [4.69, 9.17) is 0 Å². The molecule has 0 spiro atoms. The molecule has 1 aromatic carbocycles. The molecule has 0 saturated heterocycles. The van der Waals surface area contributed by atoms with E-state index in [2.05, 4.69) is 52.8 Å². The van der Waals surface area contributed by atoms with Crippen molar-refractivity contribution in [2.45, 2.75) is 12.5 Å². The second-order valence-corrected chi connectivity index (χ2v) is 10.2. The van der Waals surface area contributed by atoms with Crippen molar-refractivity contribution in [2.24, 2.45) is 0 Å². The van der Waals surface area contributed by atoms with Gasteiger partial charge in [-0.1, -0.05) is 18.2 Å². The lowest BCUT2D eigenvalue weighted by Crippen LogP contribution is -2.19. The molecule has 10 heteroatoms. The van der Waals surface area contributed by atoms with Crippen LogP contribution in [0.2, 0.25) is 0 Å². The number of aromatic nitrogens is 5. The number of fused-ring (bicyclic) bond motifs is 1. The van der Waals surface area contributed by atoms with Crippen LogP contribution in [0.4, 0.5) is 11.6 Å². The van der Waals surface area contributed by atoms with Crippen LogP contribution >= 0.6 is 11.8 Å². The van der Waals surface area contributed by atoms with Crippen molar-refractivity contribution in [1.29, 1.82) is 0 Å². The summed E-state index contributed by atoms with van der Waals surface area (Å²) in [6.45, 7) is 2.32. The van der Waals surface area contributed by atoms with Crippen molar-refractivity contribution in [3.8, 4) is 11.3 Å². The van der Waals surface area contributed by atoms with Crippen LogP contribution in [-0.2, 0) is 6.54 Å². The van der Waals surface area contributed by atoms with Crippen molar-refractivity contribution in [1.82, 2.24) is 29.8 Å². The zero-order valence-corrected chi connectivity index (χ0v) is 23.4. The van der Waals surface area contributed by atoms with Crippen LogP contribution in [-0.4, -0.2) is 62.6 Å². The molecule has 5 rings (SSSR count). The van der Waals surface area contributed by atoms with Gasteiger partial charge in [-0.15, -0.1) is 0 Å². The molecule has 0 saturated carbocycles. The quantitative estimate of drug-likeness (QED) is 0.200. The molecule has 0 aliphatic heterocycles. The fourth-order valence-electron chi connectivity index (χ4n) is 4.64. The Morgan fingerprint density at radius 1 is 0.975 bits per heavy atom. The first-order valence-corrected chi connectivity index (χ1v) is 14.5. The van der Waals surface area contributed by atoms with Crippen LogP contribution < -0.4 is 16.0 Å². The van der Waals surface area contributed by atoms with E-state index in [0.717, 1.165) is 58.2 Å². The Balaban J connectivity index is 1.28. The van der Waals surface area contributed by atoms with Crippen LogP contribution in [0.15, 0.2) is 85.7 Å². The van der Waals surface area contributed by atoms with Gasteiger partial charge in [0.25, 0.3) is 5.91 Å². The molecule has 4 aromatic heterocycles. The van der Waals surface area contributed by atoms with Crippen molar-refractivity contribution < 1.29 is 4.79 Å². The number of thioether (sulfide) groups is 1. The molecule has 0 aliphatic carbocycles. The Hall–Kier alpha value is -4.44. The summed E-state index contributed by atoms with van der Waals surface area (Å²) in [6.07, 6.45) is 11.3. The number of anilines is 2. The van der Waals surface area contributed by atoms with Gasteiger partial charge in [0, 0.05) is 80.2 Å². The second-order valence-electron chi connectivity index (χ2n) is 9.28. The Kier molecular flexibility index (Phi) is 8.87. The van der Waals surface area contributed by atoms with Gasteiger partial charge in [-0.05, 0) is 42.2 Å². The van der Waals surface area contributed by atoms with Gasteiger partial charge in [-0.2, -0.15) is 11.8 Å². The SMILES string of the molecule is CNC(=O)c1ccnc2c(C(CNc3cc(-c4ccc(NCCn5cccc5)nc4)ncn3)CSC)cccc12. The van der Waals surface area contributed by atoms with Gasteiger partial charge >= 0.3 is 0 Å². The van der Waals surface area contributed by atoms with E-state index in [1.165, 1.54) is 0 Å². The summed E-state index contributed by atoms with van der Waals surface area (Å²) in [5.74, 6) is 2.49.